The summed E-state index contributed by atoms with van der Waals surface area (Å²) < 4.78 is 7.90. The molecular weight excluding hydrogens is 326 g/mol. The molecular formula is C21H25N3O2. The molecule has 1 aromatic carbocycles. The molecule has 5 heteroatoms. The first kappa shape index (κ1) is 18.1. The van der Waals surface area contributed by atoms with Crippen molar-refractivity contribution >= 4 is 11.3 Å². The fraction of sp³-hybridized carbons (Fsp3) is 0.333. The Morgan fingerprint density at radius 1 is 1.15 bits per heavy atom. The summed E-state index contributed by atoms with van der Waals surface area (Å²) in [5, 5.41) is 0. The van der Waals surface area contributed by atoms with E-state index in [1.807, 2.05) is 85.9 Å². The van der Waals surface area contributed by atoms with E-state index in [2.05, 4.69) is 4.98 Å². The van der Waals surface area contributed by atoms with Crippen molar-refractivity contribution in [1.29, 1.82) is 0 Å². The standard InChI is InChI=1S/C21H25N3O2/c1-15(2)21(25)20-18-11-10-17(26-14-16-8-6-5-7-9-16)12-24(18)19(22-20)13-23(3)4/h5-12,15H,13-14H2,1-4H3. The van der Waals surface area contributed by atoms with E-state index in [1.165, 1.54) is 0 Å². The zero-order chi connectivity index (χ0) is 18.7. The van der Waals surface area contributed by atoms with Crippen LogP contribution in [0.1, 0.15) is 35.7 Å². The molecule has 136 valence electrons. The van der Waals surface area contributed by atoms with Crippen molar-refractivity contribution in [2.24, 2.45) is 5.92 Å². The first-order valence-electron chi connectivity index (χ1n) is 8.82. The summed E-state index contributed by atoms with van der Waals surface area (Å²) >= 11 is 0. The number of carbonyl (C=O) groups is 1. The predicted molar refractivity (Wildman–Crippen MR) is 103 cm³/mol. The Balaban J connectivity index is 1.94. The number of nitrogens with zero attached hydrogens (tertiary/aromatic N) is 3. The van der Waals surface area contributed by atoms with Crippen LogP contribution < -0.4 is 4.74 Å². The highest BCUT2D eigenvalue weighted by atomic mass is 16.5. The minimum atomic E-state index is -0.0880. The highest BCUT2D eigenvalue weighted by Gasteiger charge is 2.20. The van der Waals surface area contributed by atoms with Crippen molar-refractivity contribution < 1.29 is 9.53 Å². The van der Waals surface area contributed by atoms with Crippen molar-refractivity contribution in [2.45, 2.75) is 27.0 Å². The van der Waals surface area contributed by atoms with Crippen LogP contribution in [0.2, 0.25) is 0 Å². The largest absolute Gasteiger partial charge is 0.487 e. The molecule has 0 saturated heterocycles. The third kappa shape index (κ3) is 3.94. The van der Waals surface area contributed by atoms with Crippen LogP contribution in [0.5, 0.6) is 5.75 Å². The van der Waals surface area contributed by atoms with Gasteiger partial charge in [0.25, 0.3) is 0 Å². The van der Waals surface area contributed by atoms with Crippen LogP contribution in [0.25, 0.3) is 5.52 Å². The third-order valence-corrected chi connectivity index (χ3v) is 4.15. The average Bonchev–Trinajstić information content (AvgIpc) is 2.97. The summed E-state index contributed by atoms with van der Waals surface area (Å²) in [5.74, 6) is 1.56. The van der Waals surface area contributed by atoms with Crippen LogP contribution >= 0.6 is 0 Å². The number of hydrogen-bond acceptors (Lipinski definition) is 4. The Hall–Kier alpha value is -2.66. The molecule has 3 rings (SSSR count). The maximum Gasteiger partial charge on any atom is 0.185 e. The first-order chi connectivity index (χ1) is 12.5. The van der Waals surface area contributed by atoms with Crippen LogP contribution in [-0.4, -0.2) is 34.2 Å². The van der Waals surface area contributed by atoms with Gasteiger partial charge in [-0.05, 0) is 31.8 Å². The summed E-state index contributed by atoms with van der Waals surface area (Å²) in [4.78, 5) is 19.2. The topological polar surface area (TPSA) is 46.8 Å². The molecule has 0 unspecified atom stereocenters. The second kappa shape index (κ2) is 7.70. The summed E-state index contributed by atoms with van der Waals surface area (Å²) in [6.45, 7) is 4.95. The molecule has 3 aromatic rings. The summed E-state index contributed by atoms with van der Waals surface area (Å²) in [6, 6.07) is 13.9. The maximum atomic E-state index is 12.5. The summed E-state index contributed by atoms with van der Waals surface area (Å²) in [7, 11) is 3.97. The SMILES string of the molecule is CC(C)C(=O)c1nc(CN(C)C)n2cc(OCc3ccccc3)ccc12. The van der Waals surface area contributed by atoms with Crippen molar-refractivity contribution in [3.8, 4) is 5.75 Å². The first-order valence-corrected chi connectivity index (χ1v) is 8.82. The molecule has 0 aliphatic carbocycles. The van der Waals surface area contributed by atoms with Gasteiger partial charge in [0.2, 0.25) is 0 Å². The molecule has 0 spiro atoms. The molecule has 0 bridgehead atoms. The van der Waals surface area contributed by atoms with E-state index in [9.17, 15) is 4.79 Å². The Morgan fingerprint density at radius 3 is 2.54 bits per heavy atom. The number of hydrogen-bond donors (Lipinski definition) is 0. The molecule has 0 atom stereocenters. The van der Waals surface area contributed by atoms with Crippen LogP contribution in [0.15, 0.2) is 48.7 Å². The van der Waals surface area contributed by atoms with E-state index in [0.717, 1.165) is 22.7 Å². The van der Waals surface area contributed by atoms with E-state index in [-0.39, 0.29) is 11.7 Å². The number of aromatic nitrogens is 2. The molecule has 2 aromatic heterocycles. The van der Waals surface area contributed by atoms with Crippen LogP contribution in [-0.2, 0) is 13.2 Å². The maximum absolute atomic E-state index is 12.5. The van der Waals surface area contributed by atoms with E-state index in [4.69, 9.17) is 4.74 Å². The number of ether oxygens (including phenoxy) is 1. The van der Waals surface area contributed by atoms with Crippen molar-refractivity contribution in [3.63, 3.8) is 0 Å². The quantitative estimate of drug-likeness (QED) is 0.607. The normalized spacial score (nSPS) is 11.5. The number of pyridine rings is 1. The van der Waals surface area contributed by atoms with Gasteiger partial charge in [0.15, 0.2) is 5.78 Å². The highest BCUT2D eigenvalue weighted by Crippen LogP contribution is 2.22. The number of ketones is 1. The fourth-order valence-electron chi connectivity index (χ4n) is 2.80. The van der Waals surface area contributed by atoms with E-state index in [0.29, 0.717) is 18.8 Å². The molecule has 2 heterocycles. The lowest BCUT2D eigenvalue weighted by Crippen LogP contribution is -2.13. The van der Waals surface area contributed by atoms with Gasteiger partial charge in [-0.15, -0.1) is 0 Å². The molecule has 0 aliphatic rings. The zero-order valence-corrected chi connectivity index (χ0v) is 15.8. The predicted octanol–water partition coefficient (Wildman–Crippen LogP) is 3.81. The van der Waals surface area contributed by atoms with Gasteiger partial charge in [-0.1, -0.05) is 44.2 Å². The van der Waals surface area contributed by atoms with Gasteiger partial charge in [-0.3, -0.25) is 9.20 Å². The van der Waals surface area contributed by atoms with Gasteiger partial charge in [-0.25, -0.2) is 4.98 Å². The number of Topliss-reactive ketones (excluding diaryl/α,β-unsaturated/α-hetero) is 1. The van der Waals surface area contributed by atoms with Gasteiger partial charge in [0.1, 0.15) is 23.9 Å². The molecule has 5 nitrogen and oxygen atoms in total. The average molecular weight is 351 g/mol. The third-order valence-electron chi connectivity index (χ3n) is 4.15. The van der Waals surface area contributed by atoms with E-state index < -0.39 is 0 Å². The summed E-state index contributed by atoms with van der Waals surface area (Å²) in [6.07, 6.45) is 1.92. The van der Waals surface area contributed by atoms with Gasteiger partial charge in [-0.2, -0.15) is 0 Å². The van der Waals surface area contributed by atoms with Crippen molar-refractivity contribution in [3.05, 3.63) is 65.7 Å². The van der Waals surface area contributed by atoms with Gasteiger partial charge >= 0.3 is 0 Å². The smallest absolute Gasteiger partial charge is 0.185 e. The molecule has 0 aliphatic heterocycles. The molecule has 0 radical (unpaired) electrons. The second-order valence-electron chi connectivity index (χ2n) is 7.03. The van der Waals surface area contributed by atoms with Crippen molar-refractivity contribution in [1.82, 2.24) is 14.3 Å². The second-order valence-corrected chi connectivity index (χ2v) is 7.03. The Morgan fingerprint density at radius 2 is 1.88 bits per heavy atom. The number of rotatable bonds is 7. The van der Waals surface area contributed by atoms with E-state index in [1.54, 1.807) is 0 Å². The Labute approximate surface area is 154 Å². The number of imidazole rings is 1. The lowest BCUT2D eigenvalue weighted by Gasteiger charge is -2.10. The lowest BCUT2D eigenvalue weighted by molar-refractivity contribution is 0.0936. The molecule has 0 amide bonds. The van der Waals surface area contributed by atoms with Gasteiger partial charge in [0.05, 0.1) is 18.3 Å². The molecule has 0 saturated carbocycles. The monoisotopic (exact) mass is 351 g/mol. The highest BCUT2D eigenvalue weighted by molar-refractivity contribution is 6.01. The van der Waals surface area contributed by atoms with E-state index >= 15 is 0 Å². The van der Waals surface area contributed by atoms with Crippen LogP contribution in [0, 0.1) is 5.92 Å². The minimum absolute atomic E-state index is 0.0606. The zero-order valence-electron chi connectivity index (χ0n) is 15.8. The molecule has 26 heavy (non-hydrogen) atoms. The van der Waals surface area contributed by atoms with Gasteiger partial charge in [0, 0.05) is 5.92 Å². The van der Waals surface area contributed by atoms with Crippen molar-refractivity contribution in [2.75, 3.05) is 14.1 Å². The Bertz CT molecular complexity index is 898. The summed E-state index contributed by atoms with van der Waals surface area (Å²) in [5.41, 5.74) is 2.47. The molecule has 0 fully saturated rings. The van der Waals surface area contributed by atoms with Crippen LogP contribution in [0.4, 0.5) is 0 Å². The number of fused-ring (bicyclic) bond motifs is 1. The Kier molecular flexibility index (Phi) is 5.38. The molecule has 0 N–H and O–H groups in total. The van der Waals surface area contributed by atoms with Gasteiger partial charge < -0.3 is 9.64 Å². The number of carbonyl (C=O) groups excluding carboxylic acids is 1. The minimum Gasteiger partial charge on any atom is -0.487 e. The lowest BCUT2D eigenvalue weighted by atomic mass is 10.1. The fourth-order valence-corrected chi connectivity index (χ4v) is 2.80. The van der Waals surface area contributed by atoms with Crippen LogP contribution in [0.3, 0.4) is 0 Å². The number of benzene rings is 1.